The summed E-state index contributed by atoms with van der Waals surface area (Å²) in [6, 6.07) is 7.82. The third kappa shape index (κ3) is 6.28. The predicted octanol–water partition coefficient (Wildman–Crippen LogP) is 3.89. The topological polar surface area (TPSA) is 81.0 Å². The molecule has 1 aromatic carbocycles. The molecule has 1 aromatic heterocycles. The lowest BCUT2D eigenvalue weighted by Crippen LogP contribution is -2.10. The Kier molecular flexibility index (Phi) is 6.75. The molecule has 1 N–H and O–H groups in total. The van der Waals surface area contributed by atoms with Crippen molar-refractivity contribution in [2.45, 2.75) is 26.1 Å². The lowest BCUT2D eigenvalue weighted by molar-refractivity contribution is -0.139. The number of hydrogen-bond donors (Lipinski definition) is 1. The summed E-state index contributed by atoms with van der Waals surface area (Å²) >= 11 is 0. The van der Waals surface area contributed by atoms with Crippen LogP contribution in [-0.2, 0) is 22.4 Å². The average molecular weight is 382 g/mol. The van der Waals surface area contributed by atoms with Crippen molar-refractivity contribution in [2.75, 3.05) is 6.61 Å². The van der Waals surface area contributed by atoms with Crippen molar-refractivity contribution in [2.24, 2.45) is 5.16 Å². The minimum Gasteiger partial charge on any atom is -0.479 e. The van der Waals surface area contributed by atoms with E-state index in [-0.39, 0.29) is 12.5 Å². The molecule has 0 atom stereocenters. The van der Waals surface area contributed by atoms with Crippen molar-refractivity contribution >= 4 is 11.7 Å². The molecule has 2 rings (SSSR count). The number of carboxylic acids is 1. The molecule has 0 fully saturated rings. The summed E-state index contributed by atoms with van der Waals surface area (Å²) < 4.78 is 42.5. The molecular formula is C18H17F3N2O4. The van der Waals surface area contributed by atoms with Gasteiger partial charge in [0.25, 0.3) is 0 Å². The summed E-state index contributed by atoms with van der Waals surface area (Å²) in [5, 5.41) is 12.6. The van der Waals surface area contributed by atoms with Crippen LogP contribution in [0.2, 0.25) is 0 Å². The molecule has 0 saturated carbocycles. The smallest absolute Gasteiger partial charge is 0.416 e. The standard InChI is InChI=1S/C18H17F3N2O4/c1-2-15(13-5-8-16(22-9-13)26-11-17(24)25)23-27-10-12-3-6-14(7-4-12)18(19,20)21/h3-9H,2,10-11H2,1H3,(H,24,25). The number of carboxylic acid groups (broad SMARTS) is 1. The van der Waals surface area contributed by atoms with Gasteiger partial charge in [-0.1, -0.05) is 24.2 Å². The van der Waals surface area contributed by atoms with Gasteiger partial charge >= 0.3 is 12.1 Å². The van der Waals surface area contributed by atoms with E-state index in [4.69, 9.17) is 14.7 Å². The lowest BCUT2D eigenvalue weighted by atomic mass is 10.1. The number of aromatic nitrogens is 1. The number of hydrogen-bond acceptors (Lipinski definition) is 5. The molecule has 0 saturated heterocycles. The van der Waals surface area contributed by atoms with Gasteiger partial charge < -0.3 is 14.7 Å². The molecule has 0 bridgehead atoms. The molecule has 0 unspecified atom stereocenters. The van der Waals surface area contributed by atoms with Gasteiger partial charge in [-0.15, -0.1) is 0 Å². The summed E-state index contributed by atoms with van der Waals surface area (Å²) in [4.78, 5) is 19.7. The number of nitrogens with zero attached hydrogens (tertiary/aromatic N) is 2. The Balaban J connectivity index is 1.96. The van der Waals surface area contributed by atoms with Crippen LogP contribution in [0.1, 0.15) is 30.0 Å². The first kappa shape index (κ1) is 20.2. The van der Waals surface area contributed by atoms with E-state index in [0.29, 0.717) is 23.3 Å². The molecular weight excluding hydrogens is 365 g/mol. The van der Waals surface area contributed by atoms with Crippen LogP contribution < -0.4 is 4.74 Å². The molecule has 0 amide bonds. The molecule has 0 aliphatic carbocycles. The van der Waals surface area contributed by atoms with E-state index in [0.717, 1.165) is 12.1 Å². The first-order valence-corrected chi connectivity index (χ1v) is 7.95. The fraction of sp³-hybridized carbons (Fsp3) is 0.278. The van der Waals surface area contributed by atoms with Gasteiger partial charge in [0.15, 0.2) is 6.61 Å². The van der Waals surface area contributed by atoms with E-state index in [1.807, 2.05) is 6.92 Å². The van der Waals surface area contributed by atoms with Crippen LogP contribution in [0.15, 0.2) is 47.8 Å². The van der Waals surface area contributed by atoms with Crippen LogP contribution in [0, 0.1) is 0 Å². The van der Waals surface area contributed by atoms with Crippen molar-refractivity contribution in [3.63, 3.8) is 0 Å². The van der Waals surface area contributed by atoms with Crippen LogP contribution in [0.4, 0.5) is 13.2 Å². The highest BCUT2D eigenvalue weighted by atomic mass is 19.4. The second kappa shape index (κ2) is 9.02. The van der Waals surface area contributed by atoms with Gasteiger partial charge in [0, 0.05) is 17.8 Å². The number of rotatable bonds is 8. The largest absolute Gasteiger partial charge is 0.479 e. The van der Waals surface area contributed by atoms with Gasteiger partial charge in [0.05, 0.1) is 11.3 Å². The van der Waals surface area contributed by atoms with Crippen LogP contribution in [0.25, 0.3) is 0 Å². The SMILES string of the molecule is CCC(=NOCc1ccc(C(F)(F)F)cc1)c1ccc(OCC(=O)O)nc1. The summed E-state index contributed by atoms with van der Waals surface area (Å²) in [5.41, 5.74) is 1.07. The predicted molar refractivity (Wildman–Crippen MR) is 90.4 cm³/mol. The van der Waals surface area contributed by atoms with Crippen LogP contribution in [0.5, 0.6) is 5.88 Å². The molecule has 27 heavy (non-hydrogen) atoms. The number of oxime groups is 1. The normalized spacial score (nSPS) is 11.9. The zero-order valence-corrected chi connectivity index (χ0v) is 14.4. The van der Waals surface area contributed by atoms with Crippen molar-refractivity contribution in [3.8, 4) is 5.88 Å². The molecule has 0 aliphatic rings. The highest BCUT2D eigenvalue weighted by molar-refractivity contribution is 5.99. The quantitative estimate of drug-likeness (QED) is 0.553. The summed E-state index contributed by atoms with van der Waals surface area (Å²) in [6.07, 6.45) is -2.37. The van der Waals surface area contributed by atoms with Crippen molar-refractivity contribution in [3.05, 3.63) is 59.3 Å². The monoisotopic (exact) mass is 382 g/mol. The maximum Gasteiger partial charge on any atom is 0.416 e. The van der Waals surface area contributed by atoms with Crippen molar-refractivity contribution in [1.82, 2.24) is 4.98 Å². The molecule has 9 heteroatoms. The fourth-order valence-corrected chi connectivity index (χ4v) is 2.07. The number of pyridine rings is 1. The van der Waals surface area contributed by atoms with E-state index in [2.05, 4.69) is 10.1 Å². The van der Waals surface area contributed by atoms with Gasteiger partial charge in [0.1, 0.15) is 6.61 Å². The third-order valence-electron chi connectivity index (χ3n) is 3.44. The van der Waals surface area contributed by atoms with Crippen molar-refractivity contribution < 1.29 is 32.6 Å². The molecule has 0 radical (unpaired) electrons. The Bertz CT molecular complexity index is 788. The maximum atomic E-state index is 12.5. The maximum absolute atomic E-state index is 12.5. The van der Waals surface area contributed by atoms with Gasteiger partial charge in [-0.05, 0) is 30.2 Å². The molecule has 0 aliphatic heterocycles. The molecule has 0 spiro atoms. The van der Waals surface area contributed by atoms with Crippen LogP contribution in [0.3, 0.4) is 0 Å². The van der Waals surface area contributed by atoms with Gasteiger partial charge in [0.2, 0.25) is 5.88 Å². The summed E-state index contributed by atoms with van der Waals surface area (Å²) in [5.74, 6) is -0.935. The minimum absolute atomic E-state index is 0.0227. The van der Waals surface area contributed by atoms with Crippen LogP contribution >= 0.6 is 0 Å². The van der Waals surface area contributed by atoms with E-state index in [9.17, 15) is 18.0 Å². The highest BCUT2D eigenvalue weighted by Crippen LogP contribution is 2.29. The average Bonchev–Trinajstić information content (AvgIpc) is 2.64. The zero-order chi connectivity index (χ0) is 19.9. The van der Waals surface area contributed by atoms with E-state index < -0.39 is 24.3 Å². The molecule has 144 valence electrons. The Hall–Kier alpha value is -3.10. The van der Waals surface area contributed by atoms with Gasteiger partial charge in [-0.25, -0.2) is 9.78 Å². The Labute approximate surface area is 153 Å². The van der Waals surface area contributed by atoms with Crippen LogP contribution in [-0.4, -0.2) is 28.4 Å². The number of halogens is 3. The van der Waals surface area contributed by atoms with Gasteiger partial charge in [-0.2, -0.15) is 13.2 Å². The molecule has 2 aromatic rings. The third-order valence-corrected chi connectivity index (χ3v) is 3.44. The number of carbonyl (C=O) groups is 1. The van der Waals surface area contributed by atoms with E-state index >= 15 is 0 Å². The van der Waals surface area contributed by atoms with E-state index in [1.165, 1.54) is 24.4 Å². The second-order valence-electron chi connectivity index (χ2n) is 5.43. The second-order valence-corrected chi connectivity index (χ2v) is 5.43. The number of alkyl halides is 3. The molecule has 6 nitrogen and oxygen atoms in total. The highest BCUT2D eigenvalue weighted by Gasteiger charge is 2.29. The summed E-state index contributed by atoms with van der Waals surface area (Å²) in [6.45, 7) is 1.39. The lowest BCUT2D eigenvalue weighted by Gasteiger charge is -2.08. The Morgan fingerprint density at radius 3 is 2.41 bits per heavy atom. The summed E-state index contributed by atoms with van der Waals surface area (Å²) in [7, 11) is 0. The number of benzene rings is 1. The fourth-order valence-electron chi connectivity index (χ4n) is 2.07. The van der Waals surface area contributed by atoms with Gasteiger partial charge in [-0.3, -0.25) is 0 Å². The first-order valence-electron chi connectivity index (χ1n) is 7.95. The zero-order valence-electron chi connectivity index (χ0n) is 14.4. The van der Waals surface area contributed by atoms with Crippen molar-refractivity contribution in [1.29, 1.82) is 0 Å². The minimum atomic E-state index is -4.37. The van der Waals surface area contributed by atoms with E-state index in [1.54, 1.807) is 6.07 Å². The molecule has 1 heterocycles. The Morgan fingerprint density at radius 2 is 1.89 bits per heavy atom. The number of aliphatic carboxylic acids is 1. The Morgan fingerprint density at radius 1 is 1.19 bits per heavy atom. The first-order chi connectivity index (χ1) is 12.8. The number of ether oxygens (including phenoxy) is 1.